The fourth-order valence-corrected chi connectivity index (χ4v) is 4.23. The van der Waals surface area contributed by atoms with Gasteiger partial charge >= 0.3 is 0 Å². The lowest BCUT2D eigenvalue weighted by Gasteiger charge is -2.12. The van der Waals surface area contributed by atoms with E-state index in [0.717, 1.165) is 50.9 Å². The summed E-state index contributed by atoms with van der Waals surface area (Å²) in [6, 6.07) is 8.76. The van der Waals surface area contributed by atoms with E-state index >= 15 is 0 Å². The summed E-state index contributed by atoms with van der Waals surface area (Å²) in [6.45, 7) is 1.20. The minimum absolute atomic E-state index is 0.365. The number of aromatic nitrogens is 7. The molecule has 36 heavy (non-hydrogen) atoms. The molecule has 0 aliphatic heterocycles. The third-order valence-electron chi connectivity index (χ3n) is 6.04. The number of aromatic amines is 3. The van der Waals surface area contributed by atoms with Gasteiger partial charge in [-0.1, -0.05) is 0 Å². The van der Waals surface area contributed by atoms with Crippen LogP contribution in [0.4, 0.5) is 4.39 Å². The van der Waals surface area contributed by atoms with E-state index in [-0.39, 0.29) is 5.82 Å². The topological polar surface area (TPSA) is 111 Å². The van der Waals surface area contributed by atoms with E-state index in [2.05, 4.69) is 35.3 Å². The third kappa shape index (κ3) is 4.07. The Bertz CT molecular complexity index is 1670. The highest BCUT2D eigenvalue weighted by atomic mass is 19.1. The predicted octanol–water partition coefficient (Wildman–Crippen LogP) is 4.64. The van der Waals surface area contributed by atoms with Crippen molar-refractivity contribution in [1.82, 2.24) is 40.2 Å². The Hall–Kier alpha value is -4.57. The van der Waals surface area contributed by atoms with Crippen LogP contribution < -0.4 is 4.74 Å². The Balaban J connectivity index is 1.41. The van der Waals surface area contributed by atoms with E-state index in [4.69, 9.17) is 4.74 Å². The number of benzene rings is 1. The van der Waals surface area contributed by atoms with Crippen LogP contribution in [0, 0.1) is 5.82 Å². The maximum atomic E-state index is 14.5. The maximum absolute atomic E-state index is 14.5. The lowest BCUT2D eigenvalue weighted by molar-refractivity contribution is 0.260. The number of nitrogens with zero attached hydrogens (tertiary/aromatic N) is 5. The van der Waals surface area contributed by atoms with Crippen LogP contribution in [0.25, 0.3) is 55.6 Å². The van der Waals surface area contributed by atoms with Gasteiger partial charge in [0.05, 0.1) is 23.6 Å². The first-order valence-corrected chi connectivity index (χ1v) is 11.4. The molecule has 10 heteroatoms. The van der Waals surface area contributed by atoms with Crippen LogP contribution in [-0.4, -0.2) is 67.5 Å². The van der Waals surface area contributed by atoms with Crippen molar-refractivity contribution in [2.75, 3.05) is 27.2 Å². The minimum Gasteiger partial charge on any atom is -0.492 e. The van der Waals surface area contributed by atoms with Gasteiger partial charge in [-0.05, 0) is 43.9 Å². The SMILES string of the molecule is CN(C)CCOc1cc(F)cc(-c2cncc3[nH]c(-c4n[nH]c5ncc(-c6cn[nH]c6)cc45)cc23)c1. The fraction of sp³-hybridized carbons (Fsp3) is 0.154. The summed E-state index contributed by atoms with van der Waals surface area (Å²) in [6.07, 6.45) is 8.84. The molecule has 0 unspecified atom stereocenters. The van der Waals surface area contributed by atoms with Gasteiger partial charge in [0, 0.05) is 58.7 Å². The zero-order valence-electron chi connectivity index (χ0n) is 19.7. The summed E-state index contributed by atoms with van der Waals surface area (Å²) in [5.41, 5.74) is 6.38. The van der Waals surface area contributed by atoms with Crippen LogP contribution in [0.5, 0.6) is 5.75 Å². The van der Waals surface area contributed by atoms with Gasteiger partial charge in [-0.25, -0.2) is 9.37 Å². The molecule has 0 bridgehead atoms. The summed E-state index contributed by atoms with van der Waals surface area (Å²) in [5.74, 6) is 0.118. The lowest BCUT2D eigenvalue weighted by atomic mass is 10.0. The van der Waals surface area contributed by atoms with Crippen molar-refractivity contribution in [3.8, 4) is 39.4 Å². The predicted molar refractivity (Wildman–Crippen MR) is 136 cm³/mol. The summed E-state index contributed by atoms with van der Waals surface area (Å²) >= 11 is 0. The minimum atomic E-state index is -0.365. The summed E-state index contributed by atoms with van der Waals surface area (Å²) in [7, 11) is 3.93. The highest BCUT2D eigenvalue weighted by Gasteiger charge is 2.16. The van der Waals surface area contributed by atoms with E-state index in [1.807, 2.05) is 43.4 Å². The fourth-order valence-electron chi connectivity index (χ4n) is 4.23. The van der Waals surface area contributed by atoms with Crippen LogP contribution in [0.15, 0.2) is 61.3 Å². The maximum Gasteiger partial charge on any atom is 0.155 e. The molecule has 0 aliphatic carbocycles. The molecule has 0 saturated heterocycles. The molecular weight excluding hydrogens is 459 g/mol. The van der Waals surface area contributed by atoms with Crippen molar-refractivity contribution in [2.24, 2.45) is 0 Å². The second-order valence-corrected chi connectivity index (χ2v) is 8.84. The van der Waals surface area contributed by atoms with Gasteiger partial charge in [0.2, 0.25) is 0 Å². The molecule has 5 aromatic heterocycles. The number of fused-ring (bicyclic) bond motifs is 2. The van der Waals surface area contributed by atoms with Gasteiger partial charge in [0.15, 0.2) is 5.65 Å². The quantitative estimate of drug-likeness (QED) is 0.306. The number of ether oxygens (including phenoxy) is 1. The molecule has 9 nitrogen and oxygen atoms in total. The van der Waals surface area contributed by atoms with Crippen molar-refractivity contribution in [2.45, 2.75) is 0 Å². The molecule has 0 fully saturated rings. The van der Waals surface area contributed by atoms with Gasteiger partial charge in [-0.15, -0.1) is 0 Å². The van der Waals surface area contributed by atoms with Crippen LogP contribution in [0.3, 0.4) is 0 Å². The van der Waals surface area contributed by atoms with Crippen LogP contribution in [0.2, 0.25) is 0 Å². The second-order valence-electron chi connectivity index (χ2n) is 8.84. The molecular formula is C26H23FN8O. The number of rotatable bonds is 7. The molecule has 1 aromatic carbocycles. The molecule has 0 saturated carbocycles. The first-order chi connectivity index (χ1) is 17.5. The van der Waals surface area contributed by atoms with Crippen LogP contribution >= 0.6 is 0 Å². The van der Waals surface area contributed by atoms with Crippen molar-refractivity contribution in [3.05, 3.63) is 67.1 Å². The van der Waals surface area contributed by atoms with Crippen LogP contribution in [-0.2, 0) is 0 Å². The van der Waals surface area contributed by atoms with Gasteiger partial charge in [0.25, 0.3) is 0 Å². The number of halogens is 1. The zero-order valence-corrected chi connectivity index (χ0v) is 19.7. The molecule has 0 atom stereocenters. The molecule has 0 radical (unpaired) electrons. The standard InChI is InChI=1S/C26H23FN8O/c1-35(2)3-4-36-19-6-15(5-18(27)8-19)22-13-28-14-24-20(22)9-23(32-24)25-21-7-16(17-11-30-31-12-17)10-29-26(21)34-33-25/h5-14,32H,3-4H2,1-2H3,(H,30,31)(H,29,33,34). The van der Waals surface area contributed by atoms with Crippen LogP contribution in [0.1, 0.15) is 0 Å². The number of hydrogen-bond donors (Lipinski definition) is 3. The number of pyridine rings is 2. The number of likely N-dealkylation sites (N-methyl/N-ethyl adjacent to an activating group) is 1. The highest BCUT2D eigenvalue weighted by molar-refractivity contribution is 6.00. The van der Waals surface area contributed by atoms with E-state index < -0.39 is 0 Å². The molecule has 6 aromatic rings. The molecule has 180 valence electrons. The van der Waals surface area contributed by atoms with E-state index in [1.54, 1.807) is 24.8 Å². The smallest absolute Gasteiger partial charge is 0.155 e. The Morgan fingerprint density at radius 3 is 2.69 bits per heavy atom. The molecule has 5 heterocycles. The average Bonchev–Trinajstić information content (AvgIpc) is 3.62. The number of H-pyrrole nitrogens is 3. The molecule has 6 rings (SSSR count). The molecule has 0 amide bonds. The van der Waals surface area contributed by atoms with E-state index in [0.29, 0.717) is 23.6 Å². The summed E-state index contributed by atoms with van der Waals surface area (Å²) in [4.78, 5) is 14.3. The average molecular weight is 483 g/mol. The van der Waals surface area contributed by atoms with E-state index in [9.17, 15) is 4.39 Å². The number of nitrogens with one attached hydrogen (secondary N) is 3. The first kappa shape index (κ1) is 21.9. The summed E-state index contributed by atoms with van der Waals surface area (Å²) < 4.78 is 20.3. The zero-order chi connectivity index (χ0) is 24.6. The van der Waals surface area contributed by atoms with Crippen molar-refractivity contribution in [3.63, 3.8) is 0 Å². The van der Waals surface area contributed by atoms with Crippen molar-refractivity contribution >= 4 is 21.9 Å². The van der Waals surface area contributed by atoms with Gasteiger partial charge in [-0.2, -0.15) is 10.2 Å². The Kier molecular flexibility index (Phi) is 5.42. The van der Waals surface area contributed by atoms with Gasteiger partial charge in [-0.3, -0.25) is 15.2 Å². The largest absolute Gasteiger partial charge is 0.492 e. The van der Waals surface area contributed by atoms with E-state index in [1.165, 1.54) is 12.1 Å². The Morgan fingerprint density at radius 2 is 1.86 bits per heavy atom. The third-order valence-corrected chi connectivity index (χ3v) is 6.04. The lowest BCUT2D eigenvalue weighted by Crippen LogP contribution is -2.19. The Morgan fingerprint density at radius 1 is 0.944 bits per heavy atom. The van der Waals surface area contributed by atoms with Gasteiger partial charge < -0.3 is 14.6 Å². The van der Waals surface area contributed by atoms with Gasteiger partial charge in [0.1, 0.15) is 23.9 Å². The second kappa shape index (κ2) is 8.90. The molecule has 0 spiro atoms. The van der Waals surface area contributed by atoms with Crippen molar-refractivity contribution < 1.29 is 9.13 Å². The molecule has 0 aliphatic rings. The normalized spacial score (nSPS) is 11.7. The molecule has 3 N–H and O–H groups in total. The number of hydrogen-bond acceptors (Lipinski definition) is 6. The Labute approximate surface area is 205 Å². The first-order valence-electron chi connectivity index (χ1n) is 11.4. The summed E-state index contributed by atoms with van der Waals surface area (Å²) in [5, 5.41) is 16.1. The van der Waals surface area contributed by atoms with Crippen molar-refractivity contribution in [1.29, 1.82) is 0 Å². The highest BCUT2D eigenvalue weighted by Crippen LogP contribution is 2.35. The monoisotopic (exact) mass is 482 g/mol.